The van der Waals surface area contributed by atoms with Crippen LogP contribution in [0.4, 0.5) is 0 Å². The smallest absolute Gasteiger partial charge is 0.0436 e. The Morgan fingerprint density at radius 1 is 1.60 bits per heavy atom. The van der Waals surface area contributed by atoms with Crippen molar-refractivity contribution in [3.05, 3.63) is 0 Å². The summed E-state index contributed by atoms with van der Waals surface area (Å²) in [5, 5.41) is 8.73. The average Bonchev–Trinajstić information content (AvgIpc) is 1.84. The third-order valence-corrected chi connectivity index (χ3v) is 2.64. The number of aliphatic hydroxyl groups excluding tert-OH is 1. The second-order valence-electron chi connectivity index (χ2n) is 3.69. The maximum atomic E-state index is 8.73. The summed E-state index contributed by atoms with van der Waals surface area (Å²) in [6.45, 7) is 3.28. The van der Waals surface area contributed by atoms with Crippen LogP contribution in [0.5, 0.6) is 0 Å². The third kappa shape index (κ3) is 1.32. The number of hydrogen-bond donors (Lipinski definition) is 2. The van der Waals surface area contributed by atoms with Crippen LogP contribution in [0, 0.1) is 11.3 Å². The molecule has 2 nitrogen and oxygen atoms in total. The van der Waals surface area contributed by atoms with Crippen molar-refractivity contribution < 1.29 is 5.11 Å². The summed E-state index contributed by atoms with van der Waals surface area (Å²) in [6.07, 6.45) is 3.32. The van der Waals surface area contributed by atoms with Crippen LogP contribution in [-0.2, 0) is 0 Å². The first-order valence-corrected chi connectivity index (χ1v) is 4.03. The van der Waals surface area contributed by atoms with Crippen molar-refractivity contribution in [1.29, 1.82) is 0 Å². The zero-order chi connectivity index (χ0) is 7.61. The molecule has 3 N–H and O–H groups in total. The first-order chi connectivity index (χ1) is 4.72. The van der Waals surface area contributed by atoms with Crippen LogP contribution in [0.15, 0.2) is 0 Å². The van der Waals surface area contributed by atoms with Crippen LogP contribution in [0.3, 0.4) is 0 Å². The number of nitrogens with two attached hydrogens (primary N) is 1. The molecule has 0 amide bonds. The highest BCUT2D eigenvalue weighted by atomic mass is 16.3. The summed E-state index contributed by atoms with van der Waals surface area (Å²) in [7, 11) is 0. The first-order valence-electron chi connectivity index (χ1n) is 4.03. The summed E-state index contributed by atoms with van der Waals surface area (Å²) in [6, 6.07) is 0. The van der Waals surface area contributed by atoms with Gasteiger partial charge in [-0.2, -0.15) is 0 Å². The van der Waals surface area contributed by atoms with Gasteiger partial charge in [-0.3, -0.25) is 0 Å². The lowest BCUT2D eigenvalue weighted by molar-refractivity contribution is 0.0450. The Morgan fingerprint density at radius 3 is 2.50 bits per heavy atom. The average molecular weight is 143 g/mol. The summed E-state index contributed by atoms with van der Waals surface area (Å²) in [4.78, 5) is 0. The van der Waals surface area contributed by atoms with E-state index in [1.807, 2.05) is 0 Å². The van der Waals surface area contributed by atoms with Gasteiger partial charge in [0.2, 0.25) is 0 Å². The van der Waals surface area contributed by atoms with E-state index in [1.165, 1.54) is 12.8 Å². The lowest BCUT2D eigenvalue weighted by Gasteiger charge is -2.45. The van der Waals surface area contributed by atoms with Crippen molar-refractivity contribution in [3.8, 4) is 0 Å². The standard InChI is InChI=1S/C8H17NO/c1-7-4-8(5-7,6-9)2-3-10/h7,10H,2-6,9H2,1H3. The molecule has 0 spiro atoms. The van der Waals surface area contributed by atoms with Gasteiger partial charge in [0.1, 0.15) is 0 Å². The monoisotopic (exact) mass is 143 g/mol. The Morgan fingerprint density at radius 2 is 2.20 bits per heavy atom. The van der Waals surface area contributed by atoms with Gasteiger partial charge in [0.15, 0.2) is 0 Å². The van der Waals surface area contributed by atoms with Crippen LogP contribution in [-0.4, -0.2) is 18.3 Å². The molecule has 60 valence electrons. The summed E-state index contributed by atoms with van der Waals surface area (Å²) in [5.74, 6) is 0.829. The highest BCUT2D eigenvalue weighted by Gasteiger charge is 2.39. The van der Waals surface area contributed by atoms with Crippen molar-refractivity contribution in [2.45, 2.75) is 26.2 Å². The van der Waals surface area contributed by atoms with Gasteiger partial charge in [0.25, 0.3) is 0 Å². The molecule has 0 aromatic carbocycles. The SMILES string of the molecule is CC1CC(CN)(CCO)C1. The largest absolute Gasteiger partial charge is 0.396 e. The molecule has 0 bridgehead atoms. The minimum Gasteiger partial charge on any atom is -0.396 e. The molecule has 0 aromatic heterocycles. The molecule has 0 atom stereocenters. The molecule has 0 radical (unpaired) electrons. The Balaban J connectivity index is 2.32. The van der Waals surface area contributed by atoms with E-state index in [1.54, 1.807) is 0 Å². The lowest BCUT2D eigenvalue weighted by atomic mass is 9.61. The molecule has 0 saturated heterocycles. The summed E-state index contributed by atoms with van der Waals surface area (Å²) in [5.41, 5.74) is 5.92. The molecular formula is C8H17NO. The predicted octanol–water partition coefficient (Wildman–Crippen LogP) is 0.744. The zero-order valence-corrected chi connectivity index (χ0v) is 6.64. The molecule has 0 unspecified atom stereocenters. The normalized spacial score (nSPS) is 39.3. The molecule has 10 heavy (non-hydrogen) atoms. The fourth-order valence-corrected chi connectivity index (χ4v) is 2.13. The molecular weight excluding hydrogens is 126 g/mol. The summed E-state index contributed by atoms with van der Waals surface area (Å²) >= 11 is 0. The maximum absolute atomic E-state index is 8.73. The highest BCUT2D eigenvalue weighted by Crippen LogP contribution is 2.46. The second-order valence-corrected chi connectivity index (χ2v) is 3.69. The van der Waals surface area contributed by atoms with E-state index in [-0.39, 0.29) is 0 Å². The molecule has 1 aliphatic carbocycles. The molecule has 0 aliphatic heterocycles. The van der Waals surface area contributed by atoms with Gasteiger partial charge in [-0.25, -0.2) is 0 Å². The van der Waals surface area contributed by atoms with Gasteiger partial charge >= 0.3 is 0 Å². The predicted molar refractivity (Wildman–Crippen MR) is 41.6 cm³/mol. The van der Waals surface area contributed by atoms with Gasteiger partial charge in [0, 0.05) is 6.61 Å². The van der Waals surface area contributed by atoms with E-state index in [0.717, 1.165) is 18.9 Å². The van der Waals surface area contributed by atoms with Crippen molar-refractivity contribution in [1.82, 2.24) is 0 Å². The van der Waals surface area contributed by atoms with Crippen LogP contribution < -0.4 is 5.73 Å². The van der Waals surface area contributed by atoms with Crippen molar-refractivity contribution in [3.63, 3.8) is 0 Å². The number of aliphatic hydroxyl groups is 1. The first kappa shape index (κ1) is 8.02. The minimum absolute atomic E-state index is 0.296. The van der Waals surface area contributed by atoms with E-state index < -0.39 is 0 Å². The van der Waals surface area contributed by atoms with Crippen molar-refractivity contribution in [2.24, 2.45) is 17.1 Å². The van der Waals surface area contributed by atoms with Gasteiger partial charge in [-0.15, -0.1) is 0 Å². The molecule has 0 heterocycles. The molecule has 1 fully saturated rings. The molecule has 1 aliphatic rings. The third-order valence-electron chi connectivity index (χ3n) is 2.64. The zero-order valence-electron chi connectivity index (χ0n) is 6.64. The lowest BCUT2D eigenvalue weighted by Crippen LogP contribution is -2.42. The van der Waals surface area contributed by atoms with E-state index in [4.69, 9.17) is 10.8 Å². The maximum Gasteiger partial charge on any atom is 0.0436 e. The Hall–Kier alpha value is -0.0800. The van der Waals surface area contributed by atoms with Gasteiger partial charge in [-0.05, 0) is 37.1 Å². The van der Waals surface area contributed by atoms with Gasteiger partial charge < -0.3 is 10.8 Å². The van der Waals surface area contributed by atoms with Crippen molar-refractivity contribution >= 4 is 0 Å². The molecule has 0 aromatic rings. The Bertz CT molecular complexity index is 102. The van der Waals surface area contributed by atoms with Crippen molar-refractivity contribution in [2.75, 3.05) is 13.2 Å². The van der Waals surface area contributed by atoms with Crippen LogP contribution in [0.1, 0.15) is 26.2 Å². The minimum atomic E-state index is 0.296. The van der Waals surface area contributed by atoms with E-state index in [9.17, 15) is 0 Å². The molecule has 2 heteroatoms. The fourth-order valence-electron chi connectivity index (χ4n) is 2.13. The Kier molecular flexibility index (Phi) is 2.32. The topological polar surface area (TPSA) is 46.2 Å². The molecule has 1 rings (SSSR count). The van der Waals surface area contributed by atoms with Crippen LogP contribution in [0.2, 0.25) is 0 Å². The van der Waals surface area contributed by atoms with E-state index >= 15 is 0 Å². The van der Waals surface area contributed by atoms with E-state index in [2.05, 4.69) is 6.92 Å². The van der Waals surface area contributed by atoms with E-state index in [0.29, 0.717) is 12.0 Å². The Labute approximate surface area is 62.4 Å². The quantitative estimate of drug-likeness (QED) is 0.612. The molecule has 1 saturated carbocycles. The number of rotatable bonds is 3. The number of hydrogen-bond acceptors (Lipinski definition) is 2. The fraction of sp³-hybridized carbons (Fsp3) is 1.00. The van der Waals surface area contributed by atoms with Gasteiger partial charge in [-0.1, -0.05) is 6.92 Å². The summed E-state index contributed by atoms with van der Waals surface area (Å²) < 4.78 is 0. The highest BCUT2D eigenvalue weighted by molar-refractivity contribution is 4.92. The van der Waals surface area contributed by atoms with Crippen LogP contribution in [0.25, 0.3) is 0 Å². The van der Waals surface area contributed by atoms with Crippen LogP contribution >= 0.6 is 0 Å². The second kappa shape index (κ2) is 2.89. The van der Waals surface area contributed by atoms with Gasteiger partial charge in [0.05, 0.1) is 0 Å².